The van der Waals surface area contributed by atoms with Crippen molar-refractivity contribution in [1.29, 1.82) is 0 Å². The minimum absolute atomic E-state index is 0.0802. The van der Waals surface area contributed by atoms with Crippen LogP contribution in [0.4, 0.5) is 10.6 Å². The van der Waals surface area contributed by atoms with E-state index in [1.54, 1.807) is 45.0 Å². The van der Waals surface area contributed by atoms with E-state index in [0.717, 1.165) is 0 Å². The average Bonchev–Trinajstić information content (AvgIpc) is 3.17. The normalized spacial score (nSPS) is 11.9. The molecule has 2 amide bonds. The Balaban J connectivity index is 2.19. The molecule has 1 heterocycles. The van der Waals surface area contributed by atoms with Crippen molar-refractivity contribution in [2.24, 2.45) is 0 Å². The van der Waals surface area contributed by atoms with Gasteiger partial charge in [0.25, 0.3) is 5.91 Å². The number of carbonyl (C=O) groups is 3. The number of methoxy groups -OCH3 is 1. The van der Waals surface area contributed by atoms with Crippen molar-refractivity contribution in [1.82, 2.24) is 15.1 Å². The van der Waals surface area contributed by atoms with Crippen LogP contribution < -0.4 is 10.6 Å². The van der Waals surface area contributed by atoms with E-state index in [4.69, 9.17) is 9.47 Å². The van der Waals surface area contributed by atoms with Crippen LogP contribution in [0, 0.1) is 0 Å². The molecule has 0 aliphatic heterocycles. The van der Waals surface area contributed by atoms with Crippen LogP contribution >= 0.6 is 0 Å². The second-order valence-corrected chi connectivity index (χ2v) is 8.53. The lowest BCUT2D eigenvalue weighted by Gasteiger charge is -2.20. The topological polar surface area (TPSA) is 112 Å². The zero-order valence-corrected chi connectivity index (χ0v) is 19.8. The Morgan fingerprint density at radius 1 is 0.971 bits per heavy atom. The summed E-state index contributed by atoms with van der Waals surface area (Å²) in [4.78, 5) is 38.1. The van der Waals surface area contributed by atoms with E-state index < -0.39 is 29.6 Å². The molecule has 3 aromatic rings. The molecule has 0 aliphatic rings. The number of hydrogen-bond acceptors (Lipinski definition) is 6. The maximum atomic E-state index is 13.4. The van der Waals surface area contributed by atoms with Crippen LogP contribution in [-0.4, -0.2) is 46.5 Å². The molecule has 0 aliphatic carbocycles. The van der Waals surface area contributed by atoms with E-state index in [1.807, 2.05) is 36.4 Å². The number of nitrogens with one attached hydrogen (secondary N) is 2. The van der Waals surface area contributed by atoms with E-state index in [1.165, 1.54) is 18.7 Å². The summed E-state index contributed by atoms with van der Waals surface area (Å²) in [6.07, 6.45) is -0.751. The first-order valence-corrected chi connectivity index (χ1v) is 10.7. The van der Waals surface area contributed by atoms with Gasteiger partial charge in [-0.25, -0.2) is 14.3 Å². The van der Waals surface area contributed by atoms with E-state index >= 15 is 0 Å². The number of amides is 2. The van der Waals surface area contributed by atoms with Crippen LogP contribution in [-0.2, 0) is 14.3 Å². The summed E-state index contributed by atoms with van der Waals surface area (Å²) >= 11 is 0. The Bertz CT molecular complexity index is 1170. The molecule has 2 N–H and O–H groups in total. The molecular formula is C25H28N4O5. The Morgan fingerprint density at radius 3 is 2.12 bits per heavy atom. The molecule has 1 unspecified atom stereocenters. The second-order valence-electron chi connectivity index (χ2n) is 8.53. The third-order valence-electron chi connectivity index (χ3n) is 4.68. The monoisotopic (exact) mass is 464 g/mol. The highest BCUT2D eigenvalue weighted by Gasteiger charge is 2.30. The third-order valence-corrected chi connectivity index (χ3v) is 4.68. The molecule has 1 atom stereocenters. The average molecular weight is 465 g/mol. The number of nitrogens with zero attached hydrogens (tertiary/aromatic N) is 2. The number of para-hydroxylation sites is 1. The van der Waals surface area contributed by atoms with Gasteiger partial charge >= 0.3 is 12.1 Å². The largest absolute Gasteiger partial charge is 0.467 e. The number of rotatable bonds is 6. The molecular weight excluding hydrogens is 436 g/mol. The molecule has 0 saturated carbocycles. The summed E-state index contributed by atoms with van der Waals surface area (Å²) < 4.78 is 11.6. The van der Waals surface area contributed by atoms with E-state index in [-0.39, 0.29) is 11.4 Å². The number of aromatic nitrogens is 2. The molecule has 0 spiro atoms. The van der Waals surface area contributed by atoms with Gasteiger partial charge in [0.2, 0.25) is 0 Å². The van der Waals surface area contributed by atoms with Crippen LogP contribution in [0.3, 0.4) is 0 Å². The maximum absolute atomic E-state index is 13.4. The molecule has 178 valence electrons. The highest BCUT2D eigenvalue weighted by Crippen LogP contribution is 2.32. The van der Waals surface area contributed by atoms with Gasteiger partial charge in [-0.15, -0.1) is 0 Å². The fraction of sp³-hybridized carbons (Fsp3) is 0.280. The lowest BCUT2D eigenvalue weighted by Crippen LogP contribution is -2.39. The molecule has 2 aromatic carbocycles. The van der Waals surface area contributed by atoms with Gasteiger partial charge in [0.15, 0.2) is 5.82 Å². The number of esters is 1. The van der Waals surface area contributed by atoms with Crippen molar-refractivity contribution in [3.05, 3.63) is 66.2 Å². The summed E-state index contributed by atoms with van der Waals surface area (Å²) in [6, 6.07) is 17.2. The lowest BCUT2D eigenvalue weighted by molar-refractivity contribution is -0.142. The number of ether oxygens (including phenoxy) is 2. The fourth-order valence-electron chi connectivity index (χ4n) is 3.21. The zero-order valence-electron chi connectivity index (χ0n) is 19.8. The molecule has 34 heavy (non-hydrogen) atoms. The van der Waals surface area contributed by atoms with Crippen molar-refractivity contribution in [3.8, 4) is 16.9 Å². The summed E-state index contributed by atoms with van der Waals surface area (Å²) in [6.45, 7) is 6.72. The summed E-state index contributed by atoms with van der Waals surface area (Å²) in [5.41, 5.74) is 0.916. The van der Waals surface area contributed by atoms with Crippen LogP contribution in [0.1, 0.15) is 38.1 Å². The molecule has 0 radical (unpaired) electrons. The molecule has 1 aromatic heterocycles. The van der Waals surface area contributed by atoms with Gasteiger partial charge in [0, 0.05) is 5.56 Å². The Morgan fingerprint density at radius 2 is 1.56 bits per heavy atom. The predicted molar refractivity (Wildman–Crippen MR) is 128 cm³/mol. The van der Waals surface area contributed by atoms with Crippen LogP contribution in [0.15, 0.2) is 60.7 Å². The summed E-state index contributed by atoms with van der Waals surface area (Å²) in [7, 11) is 1.24. The minimum Gasteiger partial charge on any atom is -0.467 e. The van der Waals surface area contributed by atoms with Crippen molar-refractivity contribution >= 4 is 23.8 Å². The Hall–Kier alpha value is -4.14. The number of hydrogen-bond donors (Lipinski definition) is 2. The van der Waals surface area contributed by atoms with Crippen molar-refractivity contribution in [2.75, 3.05) is 12.4 Å². The zero-order chi connectivity index (χ0) is 24.9. The molecule has 0 bridgehead atoms. The number of benzene rings is 2. The SMILES string of the molecule is COC(=O)C(C)NC(=O)c1c(-c2ccccc2)nn(-c2ccccc2)c1NC(=O)OC(C)(C)C. The molecule has 0 fully saturated rings. The predicted octanol–water partition coefficient (Wildman–Crippen LogP) is 4.18. The second kappa shape index (κ2) is 10.2. The fourth-order valence-corrected chi connectivity index (χ4v) is 3.21. The van der Waals surface area contributed by atoms with Gasteiger partial charge < -0.3 is 14.8 Å². The van der Waals surface area contributed by atoms with Gasteiger partial charge in [0.1, 0.15) is 22.9 Å². The maximum Gasteiger partial charge on any atom is 0.413 e. The van der Waals surface area contributed by atoms with Gasteiger partial charge in [-0.3, -0.25) is 10.1 Å². The quantitative estimate of drug-likeness (QED) is 0.530. The lowest BCUT2D eigenvalue weighted by atomic mass is 10.1. The smallest absolute Gasteiger partial charge is 0.413 e. The van der Waals surface area contributed by atoms with E-state index in [0.29, 0.717) is 16.9 Å². The number of anilines is 1. The van der Waals surface area contributed by atoms with Crippen molar-refractivity contribution in [3.63, 3.8) is 0 Å². The summed E-state index contributed by atoms with van der Waals surface area (Å²) in [5, 5.41) is 9.97. The highest BCUT2D eigenvalue weighted by molar-refractivity contribution is 6.08. The van der Waals surface area contributed by atoms with Gasteiger partial charge in [0.05, 0.1) is 12.8 Å². The minimum atomic E-state index is -0.921. The molecule has 9 heteroatoms. The Kier molecular flexibility index (Phi) is 7.35. The van der Waals surface area contributed by atoms with Crippen LogP contribution in [0.5, 0.6) is 0 Å². The van der Waals surface area contributed by atoms with Gasteiger partial charge in [-0.2, -0.15) is 5.10 Å². The van der Waals surface area contributed by atoms with E-state index in [2.05, 4.69) is 15.7 Å². The van der Waals surface area contributed by atoms with Gasteiger partial charge in [-0.05, 0) is 39.8 Å². The number of carbonyl (C=O) groups excluding carboxylic acids is 3. The van der Waals surface area contributed by atoms with Crippen molar-refractivity contribution in [2.45, 2.75) is 39.3 Å². The van der Waals surface area contributed by atoms with Crippen molar-refractivity contribution < 1.29 is 23.9 Å². The third kappa shape index (κ3) is 5.80. The first-order valence-electron chi connectivity index (χ1n) is 10.7. The molecule has 3 rings (SSSR count). The first kappa shape index (κ1) is 24.5. The van der Waals surface area contributed by atoms with Gasteiger partial charge in [-0.1, -0.05) is 48.5 Å². The van der Waals surface area contributed by atoms with E-state index in [9.17, 15) is 14.4 Å². The standard InChI is InChI=1S/C25H28N4O5/c1-16(23(31)33-5)26-22(30)19-20(17-12-8-6-9-13-17)28-29(18-14-10-7-11-15-18)21(19)27-24(32)34-25(2,3)4/h6-16H,1-5H3,(H,26,30)(H,27,32). The highest BCUT2D eigenvalue weighted by atomic mass is 16.6. The first-order chi connectivity index (χ1) is 16.1. The van der Waals surface area contributed by atoms with Crippen LogP contribution in [0.25, 0.3) is 16.9 Å². The Labute approximate surface area is 198 Å². The van der Waals surface area contributed by atoms with Crippen LogP contribution in [0.2, 0.25) is 0 Å². The molecule has 9 nitrogen and oxygen atoms in total. The molecule has 0 saturated heterocycles. The summed E-state index contributed by atoms with van der Waals surface area (Å²) in [5.74, 6) is -1.11.